The van der Waals surface area contributed by atoms with Crippen molar-refractivity contribution >= 4 is 39.4 Å². The average Bonchev–Trinajstić information content (AvgIpc) is 3.34. The van der Waals surface area contributed by atoms with Crippen LogP contribution in [0.25, 0.3) is 0 Å². The van der Waals surface area contributed by atoms with Gasteiger partial charge in [-0.3, -0.25) is 15.0 Å². The number of rotatable bonds is 10. The fourth-order valence-electron chi connectivity index (χ4n) is 3.33. The fourth-order valence-corrected chi connectivity index (χ4v) is 4.77. The molecule has 0 radical (unpaired) electrons. The standard InChI is InChI=1S/C22H25N5O6S.C2HF3O2/c1-13-4-2-3-5-19(13)34(31,32)27-18(22(29)30)12-25-20(28)11-16-10-17(26-33-16)14-6-8-15(9-7-14)21(23)24;3-2(4,5)1(6)7/h2-9,16,18,27H,10-12H2,1H3,(H3,23,24)(H,25,28)(H,29,30);(H,6,7)/t16-,18+;/m1./s1. The summed E-state index contributed by atoms with van der Waals surface area (Å²) in [4.78, 5) is 38.1. The maximum atomic E-state index is 12.6. The van der Waals surface area contributed by atoms with E-state index in [1.807, 2.05) is 0 Å². The van der Waals surface area contributed by atoms with Crippen LogP contribution in [-0.2, 0) is 29.2 Å². The Labute approximate surface area is 231 Å². The van der Waals surface area contributed by atoms with Gasteiger partial charge in [0.05, 0.1) is 17.0 Å². The zero-order valence-corrected chi connectivity index (χ0v) is 22.1. The number of alkyl halides is 3. The van der Waals surface area contributed by atoms with Gasteiger partial charge in [0, 0.05) is 18.5 Å². The molecule has 0 saturated heterocycles. The zero-order valence-electron chi connectivity index (χ0n) is 21.3. The van der Waals surface area contributed by atoms with E-state index in [1.54, 1.807) is 43.3 Å². The van der Waals surface area contributed by atoms with Crippen LogP contribution >= 0.6 is 0 Å². The van der Waals surface area contributed by atoms with Crippen LogP contribution in [0.5, 0.6) is 0 Å². The predicted octanol–water partition coefficient (Wildman–Crippen LogP) is 1.34. The van der Waals surface area contributed by atoms with Crippen molar-refractivity contribution in [2.24, 2.45) is 10.9 Å². The Kier molecular flexibility index (Phi) is 10.9. The number of hydrogen-bond donors (Lipinski definition) is 6. The number of nitrogens with zero attached hydrogens (tertiary/aromatic N) is 1. The molecule has 0 bridgehead atoms. The van der Waals surface area contributed by atoms with Crippen molar-refractivity contribution in [3.63, 3.8) is 0 Å². The number of sulfonamides is 1. The summed E-state index contributed by atoms with van der Waals surface area (Å²) < 4.78 is 59.0. The van der Waals surface area contributed by atoms with Crippen molar-refractivity contribution < 1.29 is 51.0 Å². The number of carbonyl (C=O) groups excluding carboxylic acids is 1. The van der Waals surface area contributed by atoms with E-state index in [9.17, 15) is 36.3 Å². The molecule has 222 valence electrons. The summed E-state index contributed by atoms with van der Waals surface area (Å²) in [5, 5.41) is 30.4. The Morgan fingerprint density at radius 3 is 2.24 bits per heavy atom. The molecule has 0 aromatic heterocycles. The van der Waals surface area contributed by atoms with Gasteiger partial charge < -0.3 is 26.1 Å². The molecule has 0 fully saturated rings. The summed E-state index contributed by atoms with van der Waals surface area (Å²) in [5.41, 5.74) is 7.88. The van der Waals surface area contributed by atoms with E-state index in [0.717, 1.165) is 5.56 Å². The van der Waals surface area contributed by atoms with E-state index in [-0.39, 0.29) is 17.2 Å². The minimum atomic E-state index is -5.08. The second-order valence-electron chi connectivity index (χ2n) is 8.55. The molecule has 2 aromatic carbocycles. The molecule has 13 nitrogen and oxygen atoms in total. The highest BCUT2D eigenvalue weighted by molar-refractivity contribution is 7.89. The molecule has 0 spiro atoms. The highest BCUT2D eigenvalue weighted by Crippen LogP contribution is 2.20. The molecule has 1 heterocycles. The summed E-state index contributed by atoms with van der Waals surface area (Å²) >= 11 is 0. The van der Waals surface area contributed by atoms with Crippen molar-refractivity contribution in [3.8, 4) is 0 Å². The minimum absolute atomic E-state index is 0.0343. The third-order valence-corrected chi connectivity index (χ3v) is 7.03. The molecule has 2 aromatic rings. The number of carboxylic acid groups (broad SMARTS) is 2. The maximum Gasteiger partial charge on any atom is 0.490 e. The Bertz CT molecular complexity index is 1430. The average molecular weight is 602 g/mol. The number of amides is 1. The summed E-state index contributed by atoms with van der Waals surface area (Å²) in [6.07, 6.45) is -5.36. The van der Waals surface area contributed by atoms with Crippen molar-refractivity contribution in [2.75, 3.05) is 6.54 Å². The first kappa shape index (κ1) is 32.7. The number of nitrogens with one attached hydrogen (secondary N) is 3. The Balaban J connectivity index is 0.000000745. The van der Waals surface area contributed by atoms with Gasteiger partial charge >= 0.3 is 18.1 Å². The van der Waals surface area contributed by atoms with Crippen LogP contribution in [0.1, 0.15) is 29.5 Å². The third-order valence-electron chi connectivity index (χ3n) is 5.40. The molecule has 1 aliphatic rings. The van der Waals surface area contributed by atoms with Crippen LogP contribution in [0.4, 0.5) is 13.2 Å². The molecule has 0 aliphatic carbocycles. The highest BCUT2D eigenvalue weighted by atomic mass is 32.2. The normalized spacial score (nSPS) is 15.4. The van der Waals surface area contributed by atoms with Gasteiger partial charge in [-0.05, 0) is 24.1 Å². The molecule has 7 N–H and O–H groups in total. The third kappa shape index (κ3) is 9.87. The fraction of sp³-hybridized carbons (Fsp3) is 0.292. The molecule has 1 amide bonds. The number of carboxylic acids is 2. The first-order chi connectivity index (χ1) is 19.0. The second kappa shape index (κ2) is 13.7. The van der Waals surface area contributed by atoms with E-state index in [2.05, 4.69) is 15.2 Å². The molecule has 41 heavy (non-hydrogen) atoms. The number of benzene rings is 2. The van der Waals surface area contributed by atoms with E-state index in [0.29, 0.717) is 23.3 Å². The number of nitrogen functional groups attached to an aromatic ring is 1. The van der Waals surface area contributed by atoms with Crippen LogP contribution in [0.15, 0.2) is 58.6 Å². The van der Waals surface area contributed by atoms with Gasteiger partial charge in [-0.15, -0.1) is 0 Å². The summed E-state index contributed by atoms with van der Waals surface area (Å²) in [6.45, 7) is 1.16. The maximum absolute atomic E-state index is 12.6. The van der Waals surface area contributed by atoms with Gasteiger partial charge in [0.25, 0.3) is 0 Å². The molecular weight excluding hydrogens is 575 g/mol. The number of oxime groups is 1. The predicted molar refractivity (Wildman–Crippen MR) is 138 cm³/mol. The van der Waals surface area contributed by atoms with Gasteiger partial charge in [-0.25, -0.2) is 13.2 Å². The second-order valence-corrected chi connectivity index (χ2v) is 10.2. The first-order valence-corrected chi connectivity index (χ1v) is 13.0. The van der Waals surface area contributed by atoms with Crippen molar-refractivity contribution in [3.05, 3.63) is 65.2 Å². The van der Waals surface area contributed by atoms with Crippen LogP contribution in [-0.4, -0.2) is 72.9 Å². The number of aryl methyl sites for hydroxylation is 1. The van der Waals surface area contributed by atoms with E-state index < -0.39 is 52.7 Å². The number of carbonyl (C=O) groups is 3. The molecular formula is C24H26F3N5O8S. The van der Waals surface area contributed by atoms with E-state index in [1.165, 1.54) is 12.1 Å². The summed E-state index contributed by atoms with van der Waals surface area (Å²) in [7, 11) is -4.10. The van der Waals surface area contributed by atoms with Gasteiger partial charge in [0.2, 0.25) is 15.9 Å². The molecule has 0 unspecified atom stereocenters. The monoisotopic (exact) mass is 601 g/mol. The summed E-state index contributed by atoms with van der Waals surface area (Å²) in [5.74, 6) is -4.73. The van der Waals surface area contributed by atoms with Crippen molar-refractivity contribution in [1.82, 2.24) is 10.0 Å². The van der Waals surface area contributed by atoms with E-state index in [4.69, 9.17) is 25.9 Å². The summed E-state index contributed by atoms with van der Waals surface area (Å²) in [6, 6.07) is 11.5. The SMILES string of the molecule is Cc1ccccc1S(=O)(=O)N[C@@H](CNC(=O)C[C@H]1CC(c2ccc(C(=N)N)cc2)=NO1)C(=O)O.O=C(O)C(F)(F)F. The number of halogens is 3. The van der Waals surface area contributed by atoms with Gasteiger partial charge in [-0.1, -0.05) is 47.6 Å². The smallest absolute Gasteiger partial charge is 0.480 e. The van der Waals surface area contributed by atoms with E-state index >= 15 is 0 Å². The number of aliphatic carboxylic acids is 2. The van der Waals surface area contributed by atoms with Gasteiger partial charge in [0.1, 0.15) is 18.0 Å². The largest absolute Gasteiger partial charge is 0.490 e. The van der Waals surface area contributed by atoms with Crippen LogP contribution in [0.2, 0.25) is 0 Å². The lowest BCUT2D eigenvalue weighted by Crippen LogP contribution is -2.48. The lowest BCUT2D eigenvalue weighted by atomic mass is 10.0. The quantitative estimate of drug-likeness (QED) is 0.171. The molecule has 3 rings (SSSR count). The Morgan fingerprint density at radius 2 is 1.73 bits per heavy atom. The Morgan fingerprint density at radius 1 is 1.15 bits per heavy atom. The van der Waals surface area contributed by atoms with Crippen LogP contribution in [0, 0.1) is 12.3 Å². The van der Waals surface area contributed by atoms with Crippen LogP contribution in [0.3, 0.4) is 0 Å². The molecule has 17 heteroatoms. The first-order valence-electron chi connectivity index (χ1n) is 11.6. The van der Waals surface area contributed by atoms with Crippen LogP contribution < -0.4 is 15.8 Å². The molecule has 2 atom stereocenters. The lowest BCUT2D eigenvalue weighted by Gasteiger charge is -2.17. The number of nitrogens with two attached hydrogens (primary N) is 1. The Hall–Kier alpha value is -4.51. The van der Waals surface area contributed by atoms with Crippen molar-refractivity contribution in [2.45, 2.75) is 43.0 Å². The zero-order chi connectivity index (χ0) is 31.0. The lowest BCUT2D eigenvalue weighted by molar-refractivity contribution is -0.192. The molecule has 0 saturated carbocycles. The van der Waals surface area contributed by atoms with Gasteiger partial charge in [0.15, 0.2) is 0 Å². The number of hydrogen-bond acceptors (Lipinski definition) is 8. The molecule has 1 aliphatic heterocycles. The highest BCUT2D eigenvalue weighted by Gasteiger charge is 2.38. The number of amidine groups is 1. The van der Waals surface area contributed by atoms with Gasteiger partial charge in [-0.2, -0.15) is 17.9 Å². The van der Waals surface area contributed by atoms with Crippen molar-refractivity contribution in [1.29, 1.82) is 5.41 Å². The topological polar surface area (TPSA) is 221 Å². The minimum Gasteiger partial charge on any atom is -0.480 e.